The minimum Gasteiger partial charge on any atom is -0.465 e. The molecule has 0 aromatic rings. The van der Waals surface area contributed by atoms with Crippen molar-refractivity contribution in [1.82, 2.24) is 5.32 Å². The molecule has 0 aromatic heterocycles. The van der Waals surface area contributed by atoms with Gasteiger partial charge in [0.25, 0.3) is 0 Å². The highest BCUT2D eigenvalue weighted by molar-refractivity contribution is 5.73. The summed E-state index contributed by atoms with van der Waals surface area (Å²) in [6.07, 6.45) is 3.42. The van der Waals surface area contributed by atoms with Gasteiger partial charge in [-0.05, 0) is 38.6 Å². The van der Waals surface area contributed by atoms with E-state index in [1.807, 2.05) is 0 Å². The molecule has 1 heterocycles. The van der Waals surface area contributed by atoms with Gasteiger partial charge in [-0.25, -0.2) is 0 Å². The molecule has 3 nitrogen and oxygen atoms in total. The normalized spacial score (nSPS) is 33.3. The highest BCUT2D eigenvalue weighted by atomic mass is 16.5. The second kappa shape index (κ2) is 3.66. The van der Waals surface area contributed by atoms with E-state index in [0.717, 1.165) is 13.0 Å². The Kier molecular flexibility index (Phi) is 2.54. The first-order valence-electron chi connectivity index (χ1n) is 5.17. The molecule has 2 atom stereocenters. The van der Waals surface area contributed by atoms with Gasteiger partial charge in [0.2, 0.25) is 0 Å². The number of hydrogen-bond donors (Lipinski definition) is 1. The highest BCUT2D eigenvalue weighted by Gasteiger charge is 2.32. The lowest BCUT2D eigenvalue weighted by atomic mass is 10.0. The second-order valence-electron chi connectivity index (χ2n) is 4.21. The third-order valence-corrected chi connectivity index (χ3v) is 2.99. The topological polar surface area (TPSA) is 38.3 Å². The zero-order valence-corrected chi connectivity index (χ0v) is 8.08. The lowest BCUT2D eigenvalue weighted by molar-refractivity contribution is -0.149. The van der Waals surface area contributed by atoms with Crippen molar-refractivity contribution in [3.63, 3.8) is 0 Å². The van der Waals surface area contributed by atoms with Gasteiger partial charge in [0.05, 0.1) is 12.5 Å². The molecule has 3 heteroatoms. The number of carbonyl (C=O) groups excluding carboxylic acids is 1. The van der Waals surface area contributed by atoms with E-state index in [1.165, 1.54) is 12.8 Å². The van der Waals surface area contributed by atoms with Crippen LogP contribution in [0.15, 0.2) is 0 Å². The van der Waals surface area contributed by atoms with Crippen molar-refractivity contribution < 1.29 is 9.53 Å². The van der Waals surface area contributed by atoms with Crippen molar-refractivity contribution in [2.24, 2.45) is 11.8 Å². The number of ether oxygens (including phenoxy) is 1. The van der Waals surface area contributed by atoms with Gasteiger partial charge in [0.15, 0.2) is 0 Å². The van der Waals surface area contributed by atoms with Gasteiger partial charge in [0, 0.05) is 6.04 Å². The molecule has 1 saturated heterocycles. The summed E-state index contributed by atoms with van der Waals surface area (Å²) >= 11 is 0. The van der Waals surface area contributed by atoms with E-state index >= 15 is 0 Å². The average molecular weight is 183 g/mol. The van der Waals surface area contributed by atoms with E-state index in [1.54, 1.807) is 0 Å². The highest BCUT2D eigenvalue weighted by Crippen LogP contribution is 2.29. The maximum Gasteiger partial charge on any atom is 0.310 e. The number of hydrogen-bond acceptors (Lipinski definition) is 3. The van der Waals surface area contributed by atoms with Crippen LogP contribution in [0.25, 0.3) is 0 Å². The molecule has 2 aliphatic rings. The molecule has 13 heavy (non-hydrogen) atoms. The molecule has 1 N–H and O–H groups in total. The Morgan fingerprint density at radius 3 is 2.77 bits per heavy atom. The molecule has 0 aromatic carbocycles. The molecule has 74 valence electrons. The summed E-state index contributed by atoms with van der Waals surface area (Å²) in [7, 11) is 0. The molecular formula is C10H17NO2. The van der Waals surface area contributed by atoms with Crippen molar-refractivity contribution in [3.05, 3.63) is 0 Å². The van der Waals surface area contributed by atoms with Crippen molar-refractivity contribution in [2.45, 2.75) is 32.2 Å². The lowest BCUT2D eigenvalue weighted by Crippen LogP contribution is -2.29. The van der Waals surface area contributed by atoms with Gasteiger partial charge >= 0.3 is 5.97 Å². The second-order valence-corrected chi connectivity index (χ2v) is 4.21. The zero-order valence-electron chi connectivity index (χ0n) is 8.08. The minimum absolute atomic E-state index is 0.00407. The molecule has 0 radical (unpaired) electrons. The summed E-state index contributed by atoms with van der Waals surface area (Å²) in [4.78, 5) is 11.5. The van der Waals surface area contributed by atoms with Crippen LogP contribution in [0.2, 0.25) is 0 Å². The van der Waals surface area contributed by atoms with Crippen LogP contribution in [0, 0.1) is 11.8 Å². The van der Waals surface area contributed by atoms with Crippen LogP contribution < -0.4 is 5.32 Å². The minimum atomic E-state index is 0.00407. The Labute approximate surface area is 78.8 Å². The third-order valence-electron chi connectivity index (χ3n) is 2.99. The number of carbonyl (C=O) groups is 1. The fourth-order valence-electron chi connectivity index (χ4n) is 1.77. The Balaban J connectivity index is 1.74. The molecule has 2 rings (SSSR count). The number of nitrogens with one attached hydrogen (secondary N) is 1. The van der Waals surface area contributed by atoms with E-state index < -0.39 is 0 Å². The van der Waals surface area contributed by atoms with Gasteiger partial charge in [-0.2, -0.15) is 0 Å². The van der Waals surface area contributed by atoms with Crippen LogP contribution in [0.4, 0.5) is 0 Å². The van der Waals surface area contributed by atoms with Gasteiger partial charge < -0.3 is 10.1 Å². The first kappa shape index (κ1) is 9.00. The SMILES string of the molecule is CC1NCCC1C(=O)OCC1CC1. The van der Waals surface area contributed by atoms with Crippen LogP contribution in [0.1, 0.15) is 26.2 Å². The smallest absolute Gasteiger partial charge is 0.310 e. The molecule has 1 aliphatic carbocycles. The summed E-state index contributed by atoms with van der Waals surface area (Å²) in [5.41, 5.74) is 0. The summed E-state index contributed by atoms with van der Waals surface area (Å²) < 4.78 is 5.24. The van der Waals surface area contributed by atoms with Gasteiger partial charge in [0.1, 0.15) is 0 Å². The van der Waals surface area contributed by atoms with E-state index in [-0.39, 0.29) is 11.9 Å². The van der Waals surface area contributed by atoms with Crippen LogP contribution in [0.3, 0.4) is 0 Å². The van der Waals surface area contributed by atoms with Crippen molar-refractivity contribution in [3.8, 4) is 0 Å². The first-order chi connectivity index (χ1) is 6.27. The van der Waals surface area contributed by atoms with Crippen molar-refractivity contribution in [2.75, 3.05) is 13.2 Å². The monoisotopic (exact) mass is 183 g/mol. The molecular weight excluding hydrogens is 166 g/mol. The van der Waals surface area contributed by atoms with E-state index in [4.69, 9.17) is 4.74 Å². The predicted molar refractivity (Wildman–Crippen MR) is 49.3 cm³/mol. The number of rotatable bonds is 3. The van der Waals surface area contributed by atoms with Crippen LogP contribution >= 0.6 is 0 Å². The van der Waals surface area contributed by atoms with Crippen LogP contribution in [0.5, 0.6) is 0 Å². The lowest BCUT2D eigenvalue weighted by Gasteiger charge is -2.13. The number of esters is 1. The maximum atomic E-state index is 11.5. The van der Waals surface area contributed by atoms with Gasteiger partial charge in [-0.1, -0.05) is 0 Å². The zero-order chi connectivity index (χ0) is 9.26. The molecule has 0 bridgehead atoms. The predicted octanol–water partition coefficient (Wildman–Crippen LogP) is 0.938. The Morgan fingerprint density at radius 2 is 2.23 bits per heavy atom. The summed E-state index contributed by atoms with van der Waals surface area (Å²) in [6.45, 7) is 3.66. The maximum absolute atomic E-state index is 11.5. The quantitative estimate of drug-likeness (QED) is 0.662. The molecule has 2 unspecified atom stereocenters. The van der Waals surface area contributed by atoms with Crippen LogP contribution in [-0.4, -0.2) is 25.2 Å². The standard InChI is InChI=1S/C10H17NO2/c1-7-9(4-5-11-7)10(12)13-6-8-2-3-8/h7-9,11H,2-6H2,1H3. The third kappa shape index (κ3) is 2.21. The Morgan fingerprint density at radius 1 is 1.46 bits per heavy atom. The van der Waals surface area contributed by atoms with Crippen LogP contribution in [-0.2, 0) is 9.53 Å². The summed E-state index contributed by atoms with van der Waals surface area (Å²) in [6, 6.07) is 0.298. The van der Waals surface area contributed by atoms with Crippen molar-refractivity contribution in [1.29, 1.82) is 0 Å². The Hall–Kier alpha value is -0.570. The van der Waals surface area contributed by atoms with E-state index in [0.29, 0.717) is 18.6 Å². The average Bonchev–Trinajstić information content (AvgIpc) is 2.84. The molecule has 1 saturated carbocycles. The van der Waals surface area contributed by atoms with Crippen molar-refractivity contribution >= 4 is 5.97 Å². The molecule has 0 amide bonds. The summed E-state index contributed by atoms with van der Waals surface area (Å²) in [5.74, 6) is 0.775. The van der Waals surface area contributed by atoms with E-state index in [2.05, 4.69) is 12.2 Å². The largest absolute Gasteiger partial charge is 0.465 e. The Bertz CT molecular complexity index is 201. The fraction of sp³-hybridized carbons (Fsp3) is 0.900. The van der Waals surface area contributed by atoms with E-state index in [9.17, 15) is 4.79 Å². The fourth-order valence-corrected chi connectivity index (χ4v) is 1.77. The van der Waals surface area contributed by atoms with Gasteiger partial charge in [-0.15, -0.1) is 0 Å². The molecule has 2 fully saturated rings. The van der Waals surface area contributed by atoms with Gasteiger partial charge in [-0.3, -0.25) is 4.79 Å². The molecule has 1 aliphatic heterocycles. The first-order valence-corrected chi connectivity index (χ1v) is 5.17. The molecule has 0 spiro atoms. The summed E-state index contributed by atoms with van der Waals surface area (Å²) in [5, 5.41) is 3.25.